The lowest BCUT2D eigenvalue weighted by atomic mass is 9.90. The minimum atomic E-state index is -0.0667. The lowest BCUT2D eigenvalue weighted by molar-refractivity contribution is -0.121. The first-order chi connectivity index (χ1) is 9.93. The van der Waals surface area contributed by atoms with Gasteiger partial charge in [-0.1, -0.05) is 31.5 Å². The highest BCUT2D eigenvalue weighted by Gasteiger charge is 2.17. The van der Waals surface area contributed by atoms with E-state index >= 15 is 0 Å². The van der Waals surface area contributed by atoms with Crippen LogP contribution in [0.15, 0.2) is 24.3 Å². The van der Waals surface area contributed by atoms with E-state index in [0.717, 1.165) is 5.75 Å². The van der Waals surface area contributed by atoms with Crippen LogP contribution in [-0.4, -0.2) is 30.8 Å². The lowest BCUT2D eigenvalue weighted by Crippen LogP contribution is -2.34. The Kier molecular flexibility index (Phi) is 7.23. The molecule has 0 spiro atoms. The van der Waals surface area contributed by atoms with Crippen molar-refractivity contribution in [1.29, 1.82) is 0 Å². The highest BCUT2D eigenvalue weighted by Crippen LogP contribution is 2.18. The average molecular weight is 293 g/mol. The number of aliphatic hydroxyl groups is 1. The van der Waals surface area contributed by atoms with Gasteiger partial charge in [0, 0.05) is 19.6 Å². The summed E-state index contributed by atoms with van der Waals surface area (Å²) in [6.45, 7) is 7.37. The molecule has 118 valence electrons. The third-order valence-electron chi connectivity index (χ3n) is 3.39. The van der Waals surface area contributed by atoms with Crippen LogP contribution in [0.3, 0.4) is 0 Å². The molecule has 0 unspecified atom stereocenters. The van der Waals surface area contributed by atoms with Crippen molar-refractivity contribution in [1.82, 2.24) is 5.32 Å². The molecule has 21 heavy (non-hydrogen) atoms. The van der Waals surface area contributed by atoms with Crippen LogP contribution in [0.1, 0.15) is 38.7 Å². The van der Waals surface area contributed by atoms with Crippen LogP contribution in [0.2, 0.25) is 0 Å². The fourth-order valence-corrected chi connectivity index (χ4v) is 1.87. The summed E-state index contributed by atoms with van der Waals surface area (Å²) in [6, 6.07) is 7.89. The van der Waals surface area contributed by atoms with Crippen molar-refractivity contribution >= 4 is 5.91 Å². The summed E-state index contributed by atoms with van der Waals surface area (Å²) in [5, 5.41) is 11.8. The minimum absolute atomic E-state index is 0.0357. The first-order valence-corrected chi connectivity index (χ1v) is 7.50. The summed E-state index contributed by atoms with van der Waals surface area (Å²) in [5.41, 5.74) is 1.13. The number of carbonyl (C=O) groups is 1. The van der Waals surface area contributed by atoms with Gasteiger partial charge in [0.15, 0.2) is 0 Å². The number of benzene rings is 1. The fraction of sp³-hybridized carbons (Fsp3) is 0.588. The molecule has 1 aromatic rings. The average Bonchev–Trinajstić information content (AvgIpc) is 2.43. The highest BCUT2D eigenvalue weighted by atomic mass is 16.5. The maximum atomic E-state index is 11.7. The number of aliphatic hydroxyl groups excluding tert-OH is 1. The van der Waals surface area contributed by atoms with Crippen molar-refractivity contribution in [2.75, 3.05) is 19.8 Å². The molecule has 1 amide bonds. The molecule has 0 heterocycles. The zero-order valence-electron chi connectivity index (χ0n) is 13.3. The Labute approximate surface area is 127 Å². The van der Waals surface area contributed by atoms with Crippen LogP contribution in [0, 0.1) is 12.3 Å². The Bertz CT molecular complexity index is 426. The van der Waals surface area contributed by atoms with E-state index in [4.69, 9.17) is 9.84 Å². The van der Waals surface area contributed by atoms with Crippen LogP contribution in [0.4, 0.5) is 0 Å². The van der Waals surface area contributed by atoms with Gasteiger partial charge < -0.3 is 15.2 Å². The van der Waals surface area contributed by atoms with Crippen LogP contribution in [0.5, 0.6) is 5.75 Å². The second-order valence-corrected chi connectivity index (χ2v) is 6.18. The van der Waals surface area contributed by atoms with E-state index in [-0.39, 0.29) is 17.9 Å². The molecule has 0 atom stereocenters. The van der Waals surface area contributed by atoms with Crippen LogP contribution in [-0.2, 0) is 4.79 Å². The standard InChI is InChI=1S/C17H27NO3/c1-14-6-8-15(9-7-14)21-12-4-5-16(20)18-13-17(2,3)10-11-19/h6-9,19H,4-5,10-13H2,1-3H3,(H,18,20). The number of hydrogen-bond acceptors (Lipinski definition) is 3. The molecule has 4 nitrogen and oxygen atoms in total. The SMILES string of the molecule is Cc1ccc(OCCCC(=O)NCC(C)(C)CCO)cc1. The van der Waals surface area contributed by atoms with Gasteiger partial charge in [0.1, 0.15) is 5.75 Å². The van der Waals surface area contributed by atoms with Gasteiger partial charge in [-0.25, -0.2) is 0 Å². The molecule has 1 aromatic carbocycles. The second-order valence-electron chi connectivity index (χ2n) is 6.18. The smallest absolute Gasteiger partial charge is 0.220 e. The Morgan fingerprint density at radius 1 is 1.29 bits per heavy atom. The van der Waals surface area contributed by atoms with Crippen molar-refractivity contribution in [3.8, 4) is 5.75 Å². The highest BCUT2D eigenvalue weighted by molar-refractivity contribution is 5.75. The fourth-order valence-electron chi connectivity index (χ4n) is 1.87. The number of ether oxygens (including phenoxy) is 1. The number of carbonyl (C=O) groups excluding carboxylic acids is 1. The molecule has 2 N–H and O–H groups in total. The van der Waals surface area contributed by atoms with Crippen molar-refractivity contribution in [3.05, 3.63) is 29.8 Å². The van der Waals surface area contributed by atoms with Gasteiger partial charge >= 0.3 is 0 Å². The predicted molar refractivity (Wildman–Crippen MR) is 84.4 cm³/mol. The molecule has 0 saturated heterocycles. The van der Waals surface area contributed by atoms with Gasteiger partial charge in [-0.2, -0.15) is 0 Å². The van der Waals surface area contributed by atoms with Gasteiger partial charge in [-0.15, -0.1) is 0 Å². The van der Waals surface area contributed by atoms with Gasteiger partial charge in [0.05, 0.1) is 6.61 Å². The Morgan fingerprint density at radius 3 is 2.57 bits per heavy atom. The van der Waals surface area contributed by atoms with E-state index in [2.05, 4.69) is 5.32 Å². The van der Waals surface area contributed by atoms with E-state index in [1.165, 1.54) is 5.56 Å². The monoisotopic (exact) mass is 293 g/mol. The molecule has 0 aliphatic heterocycles. The van der Waals surface area contributed by atoms with Crippen molar-refractivity contribution in [2.24, 2.45) is 5.41 Å². The summed E-state index contributed by atoms with van der Waals surface area (Å²) in [4.78, 5) is 11.7. The third kappa shape index (κ3) is 7.71. The maximum absolute atomic E-state index is 11.7. The summed E-state index contributed by atoms with van der Waals surface area (Å²) < 4.78 is 5.58. The topological polar surface area (TPSA) is 58.6 Å². The van der Waals surface area contributed by atoms with Crippen LogP contribution < -0.4 is 10.1 Å². The van der Waals surface area contributed by atoms with Crippen molar-refractivity contribution < 1.29 is 14.6 Å². The molecule has 0 bridgehead atoms. The zero-order chi connectivity index (χ0) is 15.7. The van der Waals surface area contributed by atoms with E-state index in [0.29, 0.717) is 32.4 Å². The second kappa shape index (κ2) is 8.67. The molecule has 0 saturated carbocycles. The molecule has 0 aliphatic rings. The Morgan fingerprint density at radius 2 is 1.95 bits per heavy atom. The molecular formula is C17H27NO3. The van der Waals surface area contributed by atoms with Gasteiger partial charge in [-0.3, -0.25) is 4.79 Å². The summed E-state index contributed by atoms with van der Waals surface area (Å²) in [5.74, 6) is 0.874. The predicted octanol–water partition coefficient (Wildman–Crippen LogP) is 2.68. The Hall–Kier alpha value is -1.55. The molecule has 4 heteroatoms. The molecule has 0 aromatic heterocycles. The zero-order valence-corrected chi connectivity index (χ0v) is 13.3. The van der Waals surface area contributed by atoms with E-state index in [1.54, 1.807) is 0 Å². The molecular weight excluding hydrogens is 266 g/mol. The molecule has 0 aliphatic carbocycles. The largest absolute Gasteiger partial charge is 0.494 e. The molecule has 1 rings (SSSR count). The van der Waals surface area contributed by atoms with Crippen molar-refractivity contribution in [2.45, 2.75) is 40.0 Å². The van der Waals surface area contributed by atoms with Crippen LogP contribution in [0.25, 0.3) is 0 Å². The van der Waals surface area contributed by atoms with E-state index in [9.17, 15) is 4.79 Å². The quantitative estimate of drug-likeness (QED) is 0.688. The number of nitrogens with one attached hydrogen (secondary N) is 1. The number of rotatable bonds is 9. The third-order valence-corrected chi connectivity index (χ3v) is 3.39. The summed E-state index contributed by atoms with van der Waals surface area (Å²) in [7, 11) is 0. The number of hydrogen-bond donors (Lipinski definition) is 2. The van der Waals surface area contributed by atoms with Gasteiger partial charge in [-0.05, 0) is 37.3 Å². The molecule has 0 radical (unpaired) electrons. The number of amides is 1. The van der Waals surface area contributed by atoms with Crippen LogP contribution >= 0.6 is 0 Å². The maximum Gasteiger partial charge on any atom is 0.220 e. The van der Waals surface area contributed by atoms with E-state index in [1.807, 2.05) is 45.0 Å². The summed E-state index contributed by atoms with van der Waals surface area (Å²) in [6.07, 6.45) is 1.84. The minimum Gasteiger partial charge on any atom is -0.494 e. The summed E-state index contributed by atoms with van der Waals surface area (Å²) >= 11 is 0. The van der Waals surface area contributed by atoms with Gasteiger partial charge in [0.2, 0.25) is 5.91 Å². The van der Waals surface area contributed by atoms with Crippen molar-refractivity contribution in [3.63, 3.8) is 0 Å². The Balaban J connectivity index is 2.15. The normalized spacial score (nSPS) is 11.2. The first-order valence-electron chi connectivity index (χ1n) is 7.50. The van der Waals surface area contributed by atoms with Gasteiger partial charge in [0.25, 0.3) is 0 Å². The molecule has 0 fully saturated rings. The lowest BCUT2D eigenvalue weighted by Gasteiger charge is -2.23. The first kappa shape index (κ1) is 17.5. The van der Waals surface area contributed by atoms with E-state index < -0.39 is 0 Å². The number of aryl methyl sites for hydroxylation is 1.